The van der Waals surface area contributed by atoms with E-state index in [-0.39, 0.29) is 18.0 Å². The summed E-state index contributed by atoms with van der Waals surface area (Å²) >= 11 is 0. The quantitative estimate of drug-likeness (QED) is 0.788. The van der Waals surface area contributed by atoms with Gasteiger partial charge in [-0.25, -0.2) is 4.79 Å². The molecule has 0 bridgehead atoms. The van der Waals surface area contributed by atoms with Crippen LogP contribution in [-0.2, 0) is 11.3 Å². The normalized spacial score (nSPS) is 18.2. The van der Waals surface area contributed by atoms with Crippen molar-refractivity contribution in [3.63, 3.8) is 0 Å². The highest BCUT2D eigenvalue weighted by atomic mass is 16.5. The van der Waals surface area contributed by atoms with Crippen molar-refractivity contribution in [2.45, 2.75) is 44.3 Å². The summed E-state index contributed by atoms with van der Waals surface area (Å²) in [5.41, 5.74) is 8.99. The molecule has 1 aliphatic rings. The van der Waals surface area contributed by atoms with E-state index in [9.17, 15) is 9.59 Å². The predicted octanol–water partition coefficient (Wildman–Crippen LogP) is 3.65. The highest BCUT2D eigenvalue weighted by Gasteiger charge is 2.31. The van der Waals surface area contributed by atoms with Crippen LogP contribution in [0, 0.1) is 11.3 Å². The summed E-state index contributed by atoms with van der Waals surface area (Å²) in [4.78, 5) is 26.6. The lowest BCUT2D eigenvalue weighted by Gasteiger charge is -2.38. The van der Waals surface area contributed by atoms with E-state index in [0.717, 1.165) is 31.2 Å². The van der Waals surface area contributed by atoms with Gasteiger partial charge in [-0.1, -0.05) is 25.0 Å². The first-order valence-electron chi connectivity index (χ1n) is 10.0. The molecular formula is C23H26N4O3. The van der Waals surface area contributed by atoms with Crippen molar-refractivity contribution >= 4 is 17.7 Å². The number of methoxy groups -OCH3 is 1. The van der Waals surface area contributed by atoms with E-state index in [0.29, 0.717) is 23.4 Å². The number of hydrogen-bond donors (Lipinski definition) is 2. The molecule has 1 saturated carbocycles. The summed E-state index contributed by atoms with van der Waals surface area (Å²) in [6.45, 7) is 0.412. The molecule has 30 heavy (non-hydrogen) atoms. The van der Waals surface area contributed by atoms with E-state index < -0.39 is 6.09 Å². The number of amides is 2. The van der Waals surface area contributed by atoms with Gasteiger partial charge in [0.25, 0.3) is 5.91 Å². The number of benzene rings is 2. The van der Waals surface area contributed by atoms with Crippen LogP contribution < -0.4 is 11.1 Å². The van der Waals surface area contributed by atoms with Crippen molar-refractivity contribution in [1.82, 2.24) is 4.90 Å². The maximum atomic E-state index is 13.4. The van der Waals surface area contributed by atoms with E-state index >= 15 is 0 Å². The zero-order valence-electron chi connectivity index (χ0n) is 17.0. The van der Waals surface area contributed by atoms with Gasteiger partial charge in [0.2, 0.25) is 0 Å². The number of carbonyl (C=O) groups excluding carboxylic acids is 2. The zero-order valence-corrected chi connectivity index (χ0v) is 17.0. The Balaban J connectivity index is 1.83. The topological polar surface area (TPSA) is 108 Å². The molecule has 7 nitrogen and oxygen atoms in total. The smallest absolute Gasteiger partial charge is 0.411 e. The van der Waals surface area contributed by atoms with E-state index in [4.69, 9.17) is 11.0 Å². The molecule has 0 aromatic heterocycles. The van der Waals surface area contributed by atoms with Crippen molar-refractivity contribution in [2.24, 2.45) is 5.73 Å². The number of nitriles is 1. The first kappa shape index (κ1) is 21.3. The molecule has 2 aromatic carbocycles. The van der Waals surface area contributed by atoms with Crippen LogP contribution >= 0.6 is 0 Å². The van der Waals surface area contributed by atoms with E-state index in [1.807, 2.05) is 17.0 Å². The Morgan fingerprint density at radius 3 is 2.40 bits per heavy atom. The van der Waals surface area contributed by atoms with Crippen LogP contribution in [0.4, 0.5) is 10.5 Å². The average molecular weight is 406 g/mol. The first-order chi connectivity index (χ1) is 14.5. The van der Waals surface area contributed by atoms with Crippen molar-refractivity contribution < 1.29 is 14.3 Å². The van der Waals surface area contributed by atoms with Crippen LogP contribution in [-0.4, -0.2) is 36.1 Å². The molecule has 1 aliphatic carbocycles. The molecule has 1 fully saturated rings. The Labute approximate surface area is 176 Å². The van der Waals surface area contributed by atoms with Crippen LogP contribution in [0.3, 0.4) is 0 Å². The third-order valence-electron chi connectivity index (χ3n) is 5.44. The minimum Gasteiger partial charge on any atom is -0.453 e. The summed E-state index contributed by atoms with van der Waals surface area (Å²) in [6.07, 6.45) is 3.34. The largest absolute Gasteiger partial charge is 0.453 e. The van der Waals surface area contributed by atoms with E-state index in [1.165, 1.54) is 7.11 Å². The lowest BCUT2D eigenvalue weighted by molar-refractivity contribution is 0.0583. The van der Waals surface area contributed by atoms with Gasteiger partial charge in [-0.15, -0.1) is 0 Å². The van der Waals surface area contributed by atoms with Crippen LogP contribution in [0.1, 0.15) is 47.2 Å². The Kier molecular flexibility index (Phi) is 7.04. The molecule has 7 heteroatoms. The van der Waals surface area contributed by atoms with Gasteiger partial charge in [0, 0.05) is 29.9 Å². The van der Waals surface area contributed by atoms with Crippen molar-refractivity contribution in [3.05, 3.63) is 65.2 Å². The lowest BCUT2D eigenvalue weighted by Crippen LogP contribution is -2.51. The third-order valence-corrected chi connectivity index (χ3v) is 5.44. The maximum absolute atomic E-state index is 13.4. The molecule has 3 N–H and O–H groups in total. The molecule has 3 rings (SSSR count). The number of nitrogens with one attached hydrogen (secondary N) is 1. The molecule has 0 spiro atoms. The van der Waals surface area contributed by atoms with Gasteiger partial charge in [0.05, 0.1) is 18.7 Å². The Morgan fingerprint density at radius 2 is 1.80 bits per heavy atom. The summed E-state index contributed by atoms with van der Waals surface area (Å²) < 4.78 is 4.60. The van der Waals surface area contributed by atoms with Crippen molar-refractivity contribution in [2.75, 3.05) is 12.4 Å². The second-order valence-electron chi connectivity index (χ2n) is 7.45. The SMILES string of the molecule is COC(=O)Nc1ccc(CN(C(=O)c2ccc(C#N)cc2)C2CCCCC2N)cc1. The number of ether oxygens (including phenoxy) is 1. The number of hydrogen-bond acceptors (Lipinski definition) is 5. The third kappa shape index (κ3) is 5.16. The Morgan fingerprint density at radius 1 is 1.13 bits per heavy atom. The standard InChI is InChI=1S/C23H26N4O3/c1-30-23(29)26-19-12-8-17(9-13-19)15-27(21-5-3-2-4-20(21)25)22(28)18-10-6-16(14-24)7-11-18/h6-13,20-21H,2-5,15,25H2,1H3,(H,26,29). The lowest BCUT2D eigenvalue weighted by atomic mass is 9.89. The number of anilines is 1. The van der Waals surface area contributed by atoms with Gasteiger partial charge < -0.3 is 15.4 Å². The monoisotopic (exact) mass is 406 g/mol. The van der Waals surface area contributed by atoms with Gasteiger partial charge >= 0.3 is 6.09 Å². The molecule has 2 aromatic rings. The summed E-state index contributed by atoms with van der Waals surface area (Å²) in [5, 5.41) is 11.6. The Hall–Kier alpha value is -3.37. The van der Waals surface area contributed by atoms with Gasteiger partial charge in [-0.05, 0) is 54.8 Å². The highest BCUT2D eigenvalue weighted by molar-refractivity contribution is 5.94. The van der Waals surface area contributed by atoms with Crippen molar-refractivity contribution in [1.29, 1.82) is 5.26 Å². The van der Waals surface area contributed by atoms with Gasteiger partial charge in [0.1, 0.15) is 0 Å². The molecule has 0 saturated heterocycles. The minimum absolute atomic E-state index is 0.0465. The summed E-state index contributed by atoms with van der Waals surface area (Å²) in [7, 11) is 1.31. The Bertz CT molecular complexity index is 919. The fourth-order valence-electron chi connectivity index (χ4n) is 3.78. The van der Waals surface area contributed by atoms with E-state index in [1.54, 1.807) is 36.4 Å². The molecule has 2 atom stereocenters. The van der Waals surface area contributed by atoms with Crippen LogP contribution in [0.25, 0.3) is 0 Å². The number of nitrogens with zero attached hydrogens (tertiary/aromatic N) is 2. The predicted molar refractivity (Wildman–Crippen MR) is 114 cm³/mol. The van der Waals surface area contributed by atoms with E-state index in [2.05, 4.69) is 16.1 Å². The summed E-state index contributed by atoms with van der Waals surface area (Å²) in [6, 6.07) is 15.9. The summed E-state index contributed by atoms with van der Waals surface area (Å²) in [5.74, 6) is -0.0985. The number of rotatable bonds is 5. The molecule has 2 amide bonds. The fourth-order valence-corrected chi connectivity index (χ4v) is 3.78. The maximum Gasteiger partial charge on any atom is 0.411 e. The average Bonchev–Trinajstić information content (AvgIpc) is 2.78. The van der Waals surface area contributed by atoms with Gasteiger partial charge in [-0.2, -0.15) is 5.26 Å². The molecule has 2 unspecified atom stereocenters. The molecule has 0 aliphatic heterocycles. The van der Waals surface area contributed by atoms with Gasteiger partial charge in [-0.3, -0.25) is 10.1 Å². The number of nitrogens with two attached hydrogens (primary N) is 1. The zero-order chi connectivity index (χ0) is 21.5. The molecule has 156 valence electrons. The van der Waals surface area contributed by atoms with Gasteiger partial charge in [0.15, 0.2) is 0 Å². The molecule has 0 heterocycles. The minimum atomic E-state index is -0.534. The van der Waals surface area contributed by atoms with Crippen molar-refractivity contribution in [3.8, 4) is 6.07 Å². The molecular weight excluding hydrogens is 380 g/mol. The van der Waals surface area contributed by atoms with Crippen LogP contribution in [0.15, 0.2) is 48.5 Å². The highest BCUT2D eigenvalue weighted by Crippen LogP contribution is 2.26. The first-order valence-corrected chi connectivity index (χ1v) is 10.0. The second-order valence-corrected chi connectivity index (χ2v) is 7.45. The number of carbonyl (C=O) groups is 2. The fraction of sp³-hybridized carbons (Fsp3) is 0.348. The van der Waals surface area contributed by atoms with Crippen LogP contribution in [0.5, 0.6) is 0 Å². The molecule has 0 radical (unpaired) electrons. The van der Waals surface area contributed by atoms with Crippen LogP contribution in [0.2, 0.25) is 0 Å². The second kappa shape index (κ2) is 9.90.